The number of carbonyl (C=O) groups is 2. The Kier molecular flexibility index (Phi) is 8.01. The first-order valence-electron chi connectivity index (χ1n) is 10.2. The lowest BCUT2D eigenvalue weighted by Crippen LogP contribution is -2.49. The number of amides is 2. The largest absolute Gasteiger partial charge is 0.379 e. The van der Waals surface area contributed by atoms with Crippen LogP contribution in [0.5, 0.6) is 0 Å². The molecule has 0 spiro atoms. The monoisotopic (exact) mass is 389 g/mol. The molecule has 1 aliphatic heterocycles. The Morgan fingerprint density at radius 2 is 1.79 bits per heavy atom. The second kappa shape index (κ2) is 10.0. The molecule has 1 heterocycles. The van der Waals surface area contributed by atoms with Gasteiger partial charge in [-0.25, -0.2) is 0 Å². The van der Waals surface area contributed by atoms with Crippen molar-refractivity contribution in [2.24, 2.45) is 11.3 Å². The molecule has 1 unspecified atom stereocenters. The van der Waals surface area contributed by atoms with Gasteiger partial charge in [-0.3, -0.25) is 14.5 Å². The van der Waals surface area contributed by atoms with Gasteiger partial charge < -0.3 is 15.4 Å². The highest BCUT2D eigenvalue weighted by molar-refractivity contribution is 6.04. The highest BCUT2D eigenvalue weighted by Crippen LogP contribution is 2.21. The SMILES string of the molecule is CC(C)CC(CNC(=O)c1ccccc1NC(=O)C(C)(C)C)N1CCOCC1. The molecule has 2 rings (SSSR count). The number of para-hydroxylation sites is 1. The summed E-state index contributed by atoms with van der Waals surface area (Å²) in [4.78, 5) is 27.6. The molecule has 0 aromatic heterocycles. The summed E-state index contributed by atoms with van der Waals surface area (Å²) in [7, 11) is 0. The van der Waals surface area contributed by atoms with Crippen molar-refractivity contribution in [3.8, 4) is 0 Å². The van der Waals surface area contributed by atoms with Gasteiger partial charge in [0.25, 0.3) is 5.91 Å². The topological polar surface area (TPSA) is 70.7 Å². The van der Waals surface area contributed by atoms with Crippen molar-refractivity contribution in [2.45, 2.75) is 47.1 Å². The minimum Gasteiger partial charge on any atom is -0.379 e. The van der Waals surface area contributed by atoms with E-state index in [1.807, 2.05) is 32.9 Å². The summed E-state index contributed by atoms with van der Waals surface area (Å²) in [5.41, 5.74) is 0.513. The van der Waals surface area contributed by atoms with Crippen molar-refractivity contribution in [1.82, 2.24) is 10.2 Å². The minimum absolute atomic E-state index is 0.112. The molecule has 156 valence electrons. The van der Waals surface area contributed by atoms with Gasteiger partial charge in [0.15, 0.2) is 0 Å². The van der Waals surface area contributed by atoms with Crippen molar-refractivity contribution >= 4 is 17.5 Å². The van der Waals surface area contributed by atoms with Gasteiger partial charge >= 0.3 is 0 Å². The number of nitrogens with zero attached hydrogens (tertiary/aromatic N) is 1. The predicted molar refractivity (Wildman–Crippen MR) is 112 cm³/mol. The van der Waals surface area contributed by atoms with Gasteiger partial charge in [0.05, 0.1) is 24.5 Å². The highest BCUT2D eigenvalue weighted by atomic mass is 16.5. The third kappa shape index (κ3) is 6.60. The van der Waals surface area contributed by atoms with E-state index in [2.05, 4.69) is 29.4 Å². The zero-order valence-corrected chi connectivity index (χ0v) is 17.9. The summed E-state index contributed by atoms with van der Waals surface area (Å²) in [5.74, 6) is 0.272. The number of anilines is 1. The Bertz CT molecular complexity index is 661. The van der Waals surface area contributed by atoms with Gasteiger partial charge in [0, 0.05) is 31.1 Å². The number of benzene rings is 1. The van der Waals surface area contributed by atoms with E-state index in [0.717, 1.165) is 32.7 Å². The maximum Gasteiger partial charge on any atom is 0.253 e. The van der Waals surface area contributed by atoms with Crippen LogP contribution in [0, 0.1) is 11.3 Å². The molecule has 1 saturated heterocycles. The third-order valence-corrected chi connectivity index (χ3v) is 4.90. The molecule has 0 aliphatic carbocycles. The molecule has 1 fully saturated rings. The number of rotatable bonds is 7. The van der Waals surface area contributed by atoms with E-state index in [4.69, 9.17) is 4.74 Å². The fourth-order valence-electron chi connectivity index (χ4n) is 3.25. The molecule has 2 N–H and O–H groups in total. The summed E-state index contributed by atoms with van der Waals surface area (Å²) in [6.45, 7) is 13.8. The van der Waals surface area contributed by atoms with Crippen LogP contribution < -0.4 is 10.6 Å². The molecule has 2 amide bonds. The van der Waals surface area contributed by atoms with Crippen LogP contribution in [-0.4, -0.2) is 55.6 Å². The highest BCUT2D eigenvalue weighted by Gasteiger charge is 2.25. The number of carbonyl (C=O) groups excluding carboxylic acids is 2. The first-order valence-corrected chi connectivity index (χ1v) is 10.2. The Balaban J connectivity index is 2.05. The molecule has 0 bridgehead atoms. The van der Waals surface area contributed by atoms with Gasteiger partial charge in [0.2, 0.25) is 5.91 Å². The van der Waals surface area contributed by atoms with Crippen LogP contribution in [0.2, 0.25) is 0 Å². The minimum atomic E-state index is -0.526. The lowest BCUT2D eigenvalue weighted by atomic mass is 9.95. The van der Waals surface area contributed by atoms with Crippen molar-refractivity contribution in [1.29, 1.82) is 0 Å². The van der Waals surface area contributed by atoms with Gasteiger partial charge in [-0.15, -0.1) is 0 Å². The number of hydrogen-bond acceptors (Lipinski definition) is 4. The van der Waals surface area contributed by atoms with Gasteiger partial charge in [-0.2, -0.15) is 0 Å². The molecule has 0 saturated carbocycles. The average Bonchev–Trinajstić information content (AvgIpc) is 2.65. The molecule has 28 heavy (non-hydrogen) atoms. The molecule has 0 radical (unpaired) electrons. The molecular formula is C22H35N3O3. The average molecular weight is 390 g/mol. The summed E-state index contributed by atoms with van der Waals surface area (Å²) in [6.07, 6.45) is 1.02. The van der Waals surface area contributed by atoms with Crippen LogP contribution >= 0.6 is 0 Å². The number of morpholine rings is 1. The van der Waals surface area contributed by atoms with E-state index < -0.39 is 5.41 Å². The Hall–Kier alpha value is -1.92. The molecule has 6 nitrogen and oxygen atoms in total. The smallest absolute Gasteiger partial charge is 0.253 e. The first kappa shape index (κ1) is 22.4. The van der Waals surface area contributed by atoms with Gasteiger partial charge in [-0.05, 0) is 24.5 Å². The van der Waals surface area contributed by atoms with E-state index >= 15 is 0 Å². The standard InChI is InChI=1S/C22H35N3O3/c1-16(2)14-17(25-10-12-28-13-11-25)15-23-20(26)18-8-6-7-9-19(18)24-21(27)22(3,4)5/h6-9,16-17H,10-15H2,1-5H3,(H,23,26)(H,24,27). The Labute approximate surface area is 169 Å². The van der Waals surface area contributed by atoms with E-state index in [1.165, 1.54) is 0 Å². The lowest BCUT2D eigenvalue weighted by Gasteiger charge is -2.35. The van der Waals surface area contributed by atoms with Crippen LogP contribution in [0.4, 0.5) is 5.69 Å². The maximum absolute atomic E-state index is 12.9. The molecule has 1 atom stereocenters. The van der Waals surface area contributed by atoms with E-state index in [1.54, 1.807) is 12.1 Å². The van der Waals surface area contributed by atoms with E-state index in [-0.39, 0.29) is 17.9 Å². The molecule has 1 aromatic rings. The van der Waals surface area contributed by atoms with Crippen molar-refractivity contribution in [3.05, 3.63) is 29.8 Å². The Morgan fingerprint density at radius 1 is 1.14 bits per heavy atom. The quantitative estimate of drug-likeness (QED) is 0.752. The Morgan fingerprint density at radius 3 is 2.39 bits per heavy atom. The van der Waals surface area contributed by atoms with Gasteiger partial charge in [-0.1, -0.05) is 46.8 Å². The fraction of sp³-hybridized carbons (Fsp3) is 0.636. The third-order valence-electron chi connectivity index (χ3n) is 4.90. The predicted octanol–water partition coefficient (Wildman–Crippen LogP) is 3.15. The normalized spacial score (nSPS) is 16.6. The van der Waals surface area contributed by atoms with Crippen LogP contribution in [0.25, 0.3) is 0 Å². The lowest BCUT2D eigenvalue weighted by molar-refractivity contribution is -0.123. The van der Waals surface area contributed by atoms with Gasteiger partial charge in [0.1, 0.15) is 0 Å². The fourth-order valence-corrected chi connectivity index (χ4v) is 3.25. The second-order valence-corrected chi connectivity index (χ2v) is 8.89. The van der Waals surface area contributed by atoms with Crippen LogP contribution in [0.1, 0.15) is 51.4 Å². The zero-order chi connectivity index (χ0) is 20.7. The van der Waals surface area contributed by atoms with Crippen LogP contribution in [0.3, 0.4) is 0 Å². The van der Waals surface area contributed by atoms with Crippen molar-refractivity contribution < 1.29 is 14.3 Å². The summed E-state index contributed by atoms with van der Waals surface area (Å²) < 4.78 is 5.46. The zero-order valence-electron chi connectivity index (χ0n) is 17.9. The number of ether oxygens (including phenoxy) is 1. The maximum atomic E-state index is 12.9. The van der Waals surface area contributed by atoms with Crippen molar-refractivity contribution in [3.63, 3.8) is 0 Å². The summed E-state index contributed by atoms with van der Waals surface area (Å²) in [5, 5.41) is 5.97. The molecule has 1 aromatic carbocycles. The molecule has 6 heteroatoms. The first-order chi connectivity index (χ1) is 13.2. The van der Waals surface area contributed by atoms with E-state index in [9.17, 15) is 9.59 Å². The van der Waals surface area contributed by atoms with Crippen molar-refractivity contribution in [2.75, 3.05) is 38.2 Å². The second-order valence-electron chi connectivity index (χ2n) is 8.89. The number of nitrogens with one attached hydrogen (secondary N) is 2. The van der Waals surface area contributed by atoms with Crippen LogP contribution in [-0.2, 0) is 9.53 Å². The molecule has 1 aliphatic rings. The summed E-state index contributed by atoms with van der Waals surface area (Å²) >= 11 is 0. The number of hydrogen-bond donors (Lipinski definition) is 2. The summed E-state index contributed by atoms with van der Waals surface area (Å²) in [6, 6.07) is 7.44. The van der Waals surface area contributed by atoms with Crippen LogP contribution in [0.15, 0.2) is 24.3 Å². The van der Waals surface area contributed by atoms with E-state index in [0.29, 0.717) is 23.7 Å². The molecular weight excluding hydrogens is 354 g/mol.